The second kappa shape index (κ2) is 11.3. The minimum Gasteiger partial charge on any atom is -0.493 e. The fraction of sp³-hybridized carbons (Fsp3) is 0.444. The molecule has 9 nitrogen and oxygen atoms in total. The quantitative estimate of drug-likeness (QED) is 0.398. The summed E-state index contributed by atoms with van der Waals surface area (Å²) in [7, 11) is 1.56. The van der Waals surface area contributed by atoms with Crippen molar-refractivity contribution in [2.75, 3.05) is 51.8 Å². The maximum Gasteiger partial charge on any atom is 0.230 e. The summed E-state index contributed by atoms with van der Waals surface area (Å²) in [6.07, 6.45) is 3.12. The van der Waals surface area contributed by atoms with Gasteiger partial charge in [-0.3, -0.25) is 4.79 Å². The molecule has 196 valence electrons. The number of anilines is 1. The first kappa shape index (κ1) is 25.2. The molecule has 37 heavy (non-hydrogen) atoms. The number of methoxy groups -OCH3 is 1. The van der Waals surface area contributed by atoms with Gasteiger partial charge in [-0.2, -0.15) is 0 Å². The third-order valence-electron chi connectivity index (χ3n) is 6.82. The van der Waals surface area contributed by atoms with Crippen LogP contribution in [0.4, 0.5) is 10.1 Å². The summed E-state index contributed by atoms with van der Waals surface area (Å²) < 4.78 is 32.2. The number of carbonyl (C=O) groups excluding carboxylic acids is 1. The molecule has 1 aliphatic heterocycles. The van der Waals surface area contributed by atoms with E-state index in [1.807, 2.05) is 6.92 Å². The van der Waals surface area contributed by atoms with Gasteiger partial charge in [-0.05, 0) is 37.0 Å². The van der Waals surface area contributed by atoms with Gasteiger partial charge >= 0.3 is 0 Å². The van der Waals surface area contributed by atoms with E-state index in [4.69, 9.17) is 14.2 Å². The summed E-state index contributed by atoms with van der Waals surface area (Å²) in [5.74, 6) is 0.960. The van der Waals surface area contributed by atoms with Gasteiger partial charge in [-0.25, -0.2) is 14.4 Å². The van der Waals surface area contributed by atoms with Gasteiger partial charge in [0.25, 0.3) is 0 Å². The zero-order valence-corrected chi connectivity index (χ0v) is 21.1. The summed E-state index contributed by atoms with van der Waals surface area (Å²) in [6.45, 7) is 7.70. The highest BCUT2D eigenvalue weighted by Gasteiger charge is 2.39. The van der Waals surface area contributed by atoms with E-state index in [1.54, 1.807) is 25.3 Å². The lowest BCUT2D eigenvalue weighted by Crippen LogP contribution is -2.43. The Morgan fingerprint density at radius 1 is 1.16 bits per heavy atom. The zero-order chi connectivity index (χ0) is 25.8. The molecule has 2 aliphatic rings. The van der Waals surface area contributed by atoms with Crippen LogP contribution in [0, 0.1) is 17.7 Å². The minimum absolute atomic E-state index is 0.00226. The first-order valence-corrected chi connectivity index (χ1v) is 12.7. The molecule has 1 saturated carbocycles. The van der Waals surface area contributed by atoms with Crippen LogP contribution in [-0.2, 0) is 4.79 Å². The standard InChI is InChI=1S/C27H32FN5O4/c1-17-12-19(17)26(34)32-18-4-5-23(21(28)13-18)37-27-20-14-24(35-2)25(15-22(20)30-16-31-27)36-11-3-8-33-9-6-29-7-10-33/h4-5,13-17,19,29H,3,6-12H2,1-2H3,(H,32,34)/t17-,19?/m1/s1. The van der Waals surface area contributed by atoms with Crippen LogP contribution >= 0.6 is 0 Å². The number of amides is 1. The van der Waals surface area contributed by atoms with E-state index >= 15 is 0 Å². The van der Waals surface area contributed by atoms with Crippen molar-refractivity contribution in [3.8, 4) is 23.1 Å². The van der Waals surface area contributed by atoms with Crippen LogP contribution in [0.3, 0.4) is 0 Å². The van der Waals surface area contributed by atoms with E-state index in [0.29, 0.717) is 40.6 Å². The van der Waals surface area contributed by atoms with Gasteiger partial charge in [0, 0.05) is 56.5 Å². The number of aromatic nitrogens is 2. The predicted octanol–water partition coefficient (Wildman–Crippen LogP) is 3.84. The van der Waals surface area contributed by atoms with E-state index in [2.05, 4.69) is 25.5 Å². The molecule has 2 fully saturated rings. The van der Waals surface area contributed by atoms with Crippen LogP contribution in [-0.4, -0.2) is 67.2 Å². The maximum atomic E-state index is 14.8. The number of carbonyl (C=O) groups is 1. The van der Waals surface area contributed by atoms with Gasteiger partial charge in [-0.15, -0.1) is 0 Å². The molecule has 2 aromatic carbocycles. The summed E-state index contributed by atoms with van der Waals surface area (Å²) in [6, 6.07) is 7.85. The number of nitrogens with zero attached hydrogens (tertiary/aromatic N) is 3. The Morgan fingerprint density at radius 2 is 1.97 bits per heavy atom. The van der Waals surface area contributed by atoms with Crippen molar-refractivity contribution in [1.82, 2.24) is 20.2 Å². The average Bonchev–Trinajstić information content (AvgIpc) is 3.65. The number of hydrogen-bond acceptors (Lipinski definition) is 8. The SMILES string of the molecule is COc1cc2c(Oc3ccc(NC(=O)C4C[C@H]4C)cc3F)ncnc2cc1OCCCN1CCNCC1. The van der Waals surface area contributed by atoms with Crippen molar-refractivity contribution in [1.29, 1.82) is 0 Å². The van der Waals surface area contributed by atoms with E-state index in [0.717, 1.165) is 45.6 Å². The molecule has 1 amide bonds. The predicted molar refractivity (Wildman–Crippen MR) is 138 cm³/mol. The number of benzene rings is 2. The van der Waals surface area contributed by atoms with Gasteiger partial charge < -0.3 is 29.7 Å². The Morgan fingerprint density at radius 3 is 2.70 bits per heavy atom. The molecule has 1 aromatic heterocycles. The Kier molecular flexibility index (Phi) is 7.66. The molecule has 3 aromatic rings. The number of ether oxygens (including phenoxy) is 3. The molecule has 5 rings (SSSR count). The molecule has 1 aliphatic carbocycles. The number of fused-ring (bicyclic) bond motifs is 1. The lowest BCUT2D eigenvalue weighted by Gasteiger charge is -2.27. The monoisotopic (exact) mass is 509 g/mol. The molecule has 0 bridgehead atoms. The highest BCUT2D eigenvalue weighted by Crippen LogP contribution is 2.39. The maximum absolute atomic E-state index is 14.8. The number of nitrogens with one attached hydrogen (secondary N) is 2. The molecule has 0 radical (unpaired) electrons. The second-order valence-electron chi connectivity index (χ2n) is 9.55. The van der Waals surface area contributed by atoms with E-state index in [1.165, 1.54) is 18.5 Å². The van der Waals surface area contributed by atoms with Crippen LogP contribution in [0.1, 0.15) is 19.8 Å². The Balaban J connectivity index is 1.27. The van der Waals surface area contributed by atoms with Gasteiger partial charge in [0.2, 0.25) is 11.8 Å². The summed E-state index contributed by atoms with van der Waals surface area (Å²) in [5, 5.41) is 6.68. The van der Waals surface area contributed by atoms with Crippen LogP contribution < -0.4 is 24.8 Å². The fourth-order valence-electron chi connectivity index (χ4n) is 4.49. The highest BCUT2D eigenvalue weighted by atomic mass is 19.1. The smallest absolute Gasteiger partial charge is 0.230 e. The van der Waals surface area contributed by atoms with Crippen molar-refractivity contribution in [2.24, 2.45) is 11.8 Å². The number of piperazine rings is 1. The van der Waals surface area contributed by atoms with Gasteiger partial charge in [-0.1, -0.05) is 6.92 Å². The van der Waals surface area contributed by atoms with Crippen molar-refractivity contribution >= 4 is 22.5 Å². The Labute approximate surface area is 215 Å². The molecule has 0 spiro atoms. The van der Waals surface area contributed by atoms with Crippen molar-refractivity contribution in [3.05, 3.63) is 42.5 Å². The average molecular weight is 510 g/mol. The Bertz CT molecular complexity index is 1270. The topological polar surface area (TPSA) is 97.8 Å². The normalized spacial score (nSPS) is 19.4. The molecular formula is C27H32FN5O4. The lowest BCUT2D eigenvalue weighted by molar-refractivity contribution is -0.117. The molecule has 2 atom stereocenters. The van der Waals surface area contributed by atoms with Gasteiger partial charge in [0.05, 0.1) is 24.6 Å². The lowest BCUT2D eigenvalue weighted by atomic mass is 10.2. The molecular weight excluding hydrogens is 477 g/mol. The second-order valence-corrected chi connectivity index (χ2v) is 9.55. The number of rotatable bonds is 10. The molecule has 1 unspecified atom stereocenters. The van der Waals surface area contributed by atoms with Crippen LogP contribution in [0.2, 0.25) is 0 Å². The summed E-state index contributed by atoms with van der Waals surface area (Å²) in [5.41, 5.74) is 0.979. The first-order valence-electron chi connectivity index (χ1n) is 12.7. The van der Waals surface area contributed by atoms with Crippen molar-refractivity contribution in [3.63, 3.8) is 0 Å². The van der Waals surface area contributed by atoms with Crippen molar-refractivity contribution in [2.45, 2.75) is 19.8 Å². The molecule has 1 saturated heterocycles. The zero-order valence-electron chi connectivity index (χ0n) is 21.1. The minimum atomic E-state index is -0.607. The molecule has 2 N–H and O–H groups in total. The third-order valence-corrected chi connectivity index (χ3v) is 6.82. The summed E-state index contributed by atoms with van der Waals surface area (Å²) in [4.78, 5) is 23.1. The van der Waals surface area contributed by atoms with Gasteiger partial charge in [0.1, 0.15) is 6.33 Å². The van der Waals surface area contributed by atoms with Crippen LogP contribution in [0.25, 0.3) is 10.9 Å². The van der Waals surface area contributed by atoms with Gasteiger partial charge in [0.15, 0.2) is 23.1 Å². The highest BCUT2D eigenvalue weighted by molar-refractivity contribution is 5.94. The van der Waals surface area contributed by atoms with Crippen molar-refractivity contribution < 1.29 is 23.4 Å². The van der Waals surface area contributed by atoms with Crippen LogP contribution in [0.5, 0.6) is 23.1 Å². The first-order chi connectivity index (χ1) is 18.0. The number of halogens is 1. The van der Waals surface area contributed by atoms with Crippen LogP contribution in [0.15, 0.2) is 36.7 Å². The van der Waals surface area contributed by atoms with E-state index in [9.17, 15) is 9.18 Å². The number of hydrogen-bond donors (Lipinski definition) is 2. The molecule has 2 heterocycles. The van der Waals surface area contributed by atoms with E-state index in [-0.39, 0.29) is 23.5 Å². The fourth-order valence-corrected chi connectivity index (χ4v) is 4.49. The summed E-state index contributed by atoms with van der Waals surface area (Å²) >= 11 is 0. The Hall–Kier alpha value is -3.50. The van der Waals surface area contributed by atoms with E-state index < -0.39 is 5.82 Å². The largest absolute Gasteiger partial charge is 0.493 e. The molecule has 10 heteroatoms. The third kappa shape index (κ3) is 6.08.